The molecule has 0 fully saturated rings. The van der Waals surface area contributed by atoms with Crippen molar-refractivity contribution in [2.45, 2.75) is 26.3 Å². The molecule has 0 aliphatic heterocycles. The van der Waals surface area contributed by atoms with Crippen molar-refractivity contribution in [2.75, 3.05) is 32.6 Å². The lowest BCUT2D eigenvalue weighted by molar-refractivity contribution is 0.729. The molecule has 0 atom stereocenters. The third-order valence-corrected chi connectivity index (χ3v) is 3.74. The third kappa shape index (κ3) is 5.51. The molecule has 0 spiro atoms. The molecule has 1 aromatic heterocycles. The Morgan fingerprint density at radius 1 is 1.21 bits per heavy atom. The first-order valence-corrected chi connectivity index (χ1v) is 8.16. The lowest BCUT2D eigenvalue weighted by Gasteiger charge is -2.16. The van der Waals surface area contributed by atoms with E-state index in [2.05, 4.69) is 46.8 Å². The first kappa shape index (κ1) is 20.5. The van der Waals surface area contributed by atoms with E-state index in [1.807, 2.05) is 25.1 Å². The summed E-state index contributed by atoms with van der Waals surface area (Å²) in [6.07, 6.45) is 2.31. The van der Waals surface area contributed by atoms with Gasteiger partial charge in [-0.2, -0.15) is 0 Å². The van der Waals surface area contributed by atoms with E-state index in [4.69, 9.17) is 4.98 Å². The zero-order valence-electron chi connectivity index (χ0n) is 15.0. The predicted octanol–water partition coefficient (Wildman–Crippen LogP) is 3.38. The van der Waals surface area contributed by atoms with Crippen molar-refractivity contribution in [2.24, 2.45) is 4.99 Å². The molecule has 0 unspecified atom stereocenters. The van der Waals surface area contributed by atoms with Gasteiger partial charge in [-0.15, -0.1) is 24.0 Å². The largest absolute Gasteiger partial charge is 0.363 e. The van der Waals surface area contributed by atoms with E-state index >= 15 is 0 Å². The summed E-state index contributed by atoms with van der Waals surface area (Å²) in [6.45, 7) is 3.84. The number of pyridine rings is 1. The second kappa shape index (κ2) is 10.3. The van der Waals surface area contributed by atoms with Gasteiger partial charge in [0.1, 0.15) is 5.82 Å². The van der Waals surface area contributed by atoms with Gasteiger partial charge in [-0.25, -0.2) is 4.98 Å². The highest BCUT2D eigenvalue weighted by Gasteiger charge is 2.07. The molecule has 0 amide bonds. The van der Waals surface area contributed by atoms with Crippen molar-refractivity contribution in [3.63, 3.8) is 0 Å². The normalized spacial score (nSPS) is 11.1. The first-order chi connectivity index (χ1) is 11.2. The summed E-state index contributed by atoms with van der Waals surface area (Å²) in [7, 11) is 5.83. The number of nitrogens with one attached hydrogen (secondary N) is 2. The molecule has 0 saturated heterocycles. The summed E-state index contributed by atoms with van der Waals surface area (Å²) < 4.78 is 0. The van der Waals surface area contributed by atoms with Crippen LogP contribution >= 0.6 is 24.0 Å². The molecule has 0 bridgehead atoms. The molecule has 1 heterocycles. The molecule has 2 N–H and O–H groups in total. The highest BCUT2D eigenvalue weighted by molar-refractivity contribution is 14.0. The van der Waals surface area contributed by atoms with Crippen LogP contribution in [0.5, 0.6) is 0 Å². The maximum atomic E-state index is 4.70. The minimum absolute atomic E-state index is 0. The van der Waals surface area contributed by atoms with Gasteiger partial charge in [0.15, 0.2) is 5.96 Å². The molecule has 5 nitrogen and oxygen atoms in total. The van der Waals surface area contributed by atoms with Crippen LogP contribution in [0.1, 0.15) is 25.3 Å². The van der Waals surface area contributed by atoms with Crippen LogP contribution in [0.15, 0.2) is 35.3 Å². The Morgan fingerprint density at radius 3 is 2.62 bits per heavy atom. The van der Waals surface area contributed by atoms with Crippen molar-refractivity contribution in [1.82, 2.24) is 15.6 Å². The molecule has 0 aliphatic carbocycles. The maximum absolute atomic E-state index is 4.70. The fourth-order valence-electron chi connectivity index (χ4n) is 2.39. The number of aromatic nitrogens is 1. The van der Waals surface area contributed by atoms with E-state index in [0.717, 1.165) is 36.8 Å². The van der Waals surface area contributed by atoms with Crippen LogP contribution in [-0.2, 0) is 6.54 Å². The predicted molar refractivity (Wildman–Crippen MR) is 115 cm³/mol. The van der Waals surface area contributed by atoms with Gasteiger partial charge in [-0.3, -0.25) is 4.99 Å². The number of guanidine groups is 1. The van der Waals surface area contributed by atoms with Crippen LogP contribution in [0.3, 0.4) is 0 Å². The number of rotatable bonds is 6. The molecular weight excluding hydrogens is 413 g/mol. The zero-order valence-corrected chi connectivity index (χ0v) is 17.3. The summed E-state index contributed by atoms with van der Waals surface area (Å²) >= 11 is 0. The summed E-state index contributed by atoms with van der Waals surface area (Å²) in [5, 5.41) is 7.91. The van der Waals surface area contributed by atoms with Crippen LogP contribution in [-0.4, -0.2) is 38.6 Å². The second-order valence-corrected chi connectivity index (χ2v) is 5.76. The van der Waals surface area contributed by atoms with E-state index < -0.39 is 0 Å². The van der Waals surface area contributed by atoms with E-state index in [0.29, 0.717) is 0 Å². The SMILES string of the molecule is CCCCNC(=NC)NCc1cc(N(C)C)nc2ccccc12.I. The number of nitrogens with zero attached hydrogens (tertiary/aromatic N) is 3. The monoisotopic (exact) mass is 441 g/mol. The van der Waals surface area contributed by atoms with E-state index in [1.165, 1.54) is 17.4 Å². The van der Waals surface area contributed by atoms with Crippen molar-refractivity contribution in [3.05, 3.63) is 35.9 Å². The summed E-state index contributed by atoms with van der Waals surface area (Å²) in [5.41, 5.74) is 2.24. The van der Waals surface area contributed by atoms with Gasteiger partial charge in [0.25, 0.3) is 0 Å². The van der Waals surface area contributed by atoms with Crippen molar-refractivity contribution >= 4 is 46.7 Å². The molecule has 24 heavy (non-hydrogen) atoms. The average Bonchev–Trinajstić information content (AvgIpc) is 2.57. The Balaban J connectivity index is 0.00000288. The number of halogens is 1. The topological polar surface area (TPSA) is 52.6 Å². The number of aliphatic imine (C=N–C) groups is 1. The van der Waals surface area contributed by atoms with Crippen LogP contribution in [0.25, 0.3) is 10.9 Å². The minimum atomic E-state index is 0. The van der Waals surface area contributed by atoms with Crippen LogP contribution in [0.2, 0.25) is 0 Å². The first-order valence-electron chi connectivity index (χ1n) is 8.16. The fourth-order valence-corrected chi connectivity index (χ4v) is 2.39. The molecule has 1 aromatic carbocycles. The molecule has 2 rings (SSSR count). The number of unbranched alkanes of at least 4 members (excludes halogenated alkanes) is 1. The number of hydrogen-bond donors (Lipinski definition) is 2. The zero-order chi connectivity index (χ0) is 16.7. The summed E-state index contributed by atoms with van der Waals surface area (Å²) in [5.74, 6) is 1.81. The highest BCUT2D eigenvalue weighted by Crippen LogP contribution is 2.21. The third-order valence-electron chi connectivity index (χ3n) is 3.74. The minimum Gasteiger partial charge on any atom is -0.363 e. The fraction of sp³-hybridized carbons (Fsp3) is 0.444. The van der Waals surface area contributed by atoms with Crippen LogP contribution in [0.4, 0.5) is 5.82 Å². The molecule has 0 saturated carbocycles. The van der Waals surface area contributed by atoms with Gasteiger partial charge in [-0.1, -0.05) is 31.5 Å². The van der Waals surface area contributed by atoms with Gasteiger partial charge >= 0.3 is 0 Å². The number of para-hydroxylation sites is 1. The van der Waals surface area contributed by atoms with Gasteiger partial charge < -0.3 is 15.5 Å². The molecule has 132 valence electrons. The molecule has 0 aliphatic rings. The summed E-state index contributed by atoms with van der Waals surface area (Å²) in [4.78, 5) is 11.0. The molecule has 2 aromatic rings. The maximum Gasteiger partial charge on any atom is 0.191 e. The smallest absolute Gasteiger partial charge is 0.191 e. The highest BCUT2D eigenvalue weighted by atomic mass is 127. The van der Waals surface area contributed by atoms with Crippen molar-refractivity contribution in [3.8, 4) is 0 Å². The average molecular weight is 441 g/mol. The standard InChI is InChI=1S/C18H27N5.HI/c1-5-6-11-20-18(19-2)21-13-14-12-17(23(3)4)22-16-10-8-7-9-15(14)16;/h7-10,12H,5-6,11,13H2,1-4H3,(H2,19,20,21);1H. The number of anilines is 1. The Morgan fingerprint density at radius 2 is 1.96 bits per heavy atom. The lowest BCUT2D eigenvalue weighted by Crippen LogP contribution is -2.37. The van der Waals surface area contributed by atoms with E-state index in [-0.39, 0.29) is 24.0 Å². The van der Waals surface area contributed by atoms with E-state index in [9.17, 15) is 0 Å². The van der Waals surface area contributed by atoms with Gasteiger partial charge in [0.05, 0.1) is 5.52 Å². The Bertz CT molecular complexity index is 670. The van der Waals surface area contributed by atoms with Gasteiger partial charge in [-0.05, 0) is 24.1 Å². The second-order valence-electron chi connectivity index (χ2n) is 5.76. The molecule has 6 heteroatoms. The molecular formula is C18H28IN5. The Kier molecular flexibility index (Phi) is 8.81. The van der Waals surface area contributed by atoms with Crippen LogP contribution in [0, 0.1) is 0 Å². The Labute approximate surface area is 162 Å². The van der Waals surface area contributed by atoms with Crippen LogP contribution < -0.4 is 15.5 Å². The number of fused-ring (bicyclic) bond motifs is 1. The number of hydrogen-bond acceptors (Lipinski definition) is 3. The van der Waals surface area contributed by atoms with Gasteiger partial charge in [0.2, 0.25) is 0 Å². The lowest BCUT2D eigenvalue weighted by atomic mass is 10.1. The molecule has 0 radical (unpaired) electrons. The number of benzene rings is 1. The quantitative estimate of drug-likeness (QED) is 0.313. The van der Waals surface area contributed by atoms with Crippen molar-refractivity contribution in [1.29, 1.82) is 0 Å². The Hall–Kier alpha value is -1.57. The van der Waals surface area contributed by atoms with Gasteiger partial charge in [0, 0.05) is 39.6 Å². The summed E-state index contributed by atoms with van der Waals surface area (Å²) in [6, 6.07) is 10.4. The van der Waals surface area contributed by atoms with Crippen molar-refractivity contribution < 1.29 is 0 Å². The van der Waals surface area contributed by atoms with E-state index in [1.54, 1.807) is 7.05 Å².